The van der Waals surface area contributed by atoms with Crippen LogP contribution in [-0.2, 0) is 13.7 Å². The minimum absolute atomic E-state index is 0.0859. The van der Waals surface area contributed by atoms with Crippen LogP contribution in [0.25, 0.3) is 0 Å². The number of hydrogen-bond acceptors (Lipinski definition) is 4. The van der Waals surface area contributed by atoms with Crippen molar-refractivity contribution in [2.75, 3.05) is 18.5 Å². The Morgan fingerprint density at radius 3 is 2.28 bits per heavy atom. The van der Waals surface area contributed by atoms with Crippen LogP contribution in [0.4, 0.5) is 5.69 Å². The number of rotatable bonds is 6. The zero-order chi connectivity index (χ0) is 18.9. The van der Waals surface area contributed by atoms with Crippen molar-refractivity contribution >= 4 is 26.6 Å². The Morgan fingerprint density at radius 1 is 1.20 bits per heavy atom. The van der Waals surface area contributed by atoms with Crippen molar-refractivity contribution in [3.63, 3.8) is 0 Å². The Morgan fingerprint density at radius 2 is 1.80 bits per heavy atom. The van der Waals surface area contributed by atoms with Gasteiger partial charge in [0.15, 0.2) is 8.32 Å². The Labute approximate surface area is 154 Å². The third-order valence-electron chi connectivity index (χ3n) is 5.60. The zero-order valence-corrected chi connectivity index (χ0v) is 18.1. The number of nitrogens with one attached hydrogen (secondary N) is 1. The van der Waals surface area contributed by atoms with Crippen LogP contribution in [0.1, 0.15) is 41.5 Å². The Bertz CT molecular complexity index is 569. The second-order valence-corrected chi connectivity index (χ2v) is 13.8. The van der Waals surface area contributed by atoms with E-state index in [1.807, 2.05) is 0 Å². The Balaban J connectivity index is 1.82. The number of hydrogen-bond donors (Lipinski definition) is 1. The fourth-order valence-electron chi connectivity index (χ4n) is 2.37. The highest BCUT2D eigenvalue weighted by molar-refractivity contribution is 6.74. The molecule has 140 valence electrons. The van der Waals surface area contributed by atoms with Gasteiger partial charge < -0.3 is 19.1 Å². The van der Waals surface area contributed by atoms with Crippen molar-refractivity contribution in [1.82, 2.24) is 0 Å². The third kappa shape index (κ3) is 5.10. The van der Waals surface area contributed by atoms with Crippen molar-refractivity contribution in [2.24, 2.45) is 0 Å². The van der Waals surface area contributed by atoms with Crippen molar-refractivity contribution in [2.45, 2.75) is 71.4 Å². The summed E-state index contributed by atoms with van der Waals surface area (Å²) in [6.45, 7) is 19.1. The molecule has 1 unspecified atom stereocenters. The highest BCUT2D eigenvalue weighted by atomic mass is 28.4. The molecule has 0 aromatic heterocycles. The lowest BCUT2D eigenvalue weighted by atomic mass is 9.79. The smallest absolute Gasteiger partial charge is 0.415 e. The van der Waals surface area contributed by atoms with E-state index in [0.29, 0.717) is 0 Å². The molecule has 0 bridgehead atoms. The lowest BCUT2D eigenvalue weighted by molar-refractivity contribution is 0.0842. The van der Waals surface area contributed by atoms with Crippen LogP contribution < -0.4 is 10.8 Å². The summed E-state index contributed by atoms with van der Waals surface area (Å²) >= 11 is 0. The summed E-state index contributed by atoms with van der Waals surface area (Å²) in [5.41, 5.74) is 1.90. The molecule has 0 radical (unpaired) electrons. The molecule has 0 amide bonds. The summed E-state index contributed by atoms with van der Waals surface area (Å²) in [6, 6.07) is 8.28. The van der Waals surface area contributed by atoms with Crippen molar-refractivity contribution in [1.29, 1.82) is 0 Å². The fraction of sp³-hybridized carbons (Fsp3) is 0.684. The van der Waals surface area contributed by atoms with Crippen LogP contribution in [0.15, 0.2) is 24.3 Å². The van der Waals surface area contributed by atoms with Gasteiger partial charge in [-0.05, 0) is 56.5 Å². The van der Waals surface area contributed by atoms with E-state index in [9.17, 15) is 0 Å². The predicted octanol–water partition coefficient (Wildman–Crippen LogP) is 4.03. The maximum absolute atomic E-state index is 6.19. The topological polar surface area (TPSA) is 39.7 Å². The van der Waals surface area contributed by atoms with Gasteiger partial charge in [0.1, 0.15) is 0 Å². The SMILES string of the molecule is CC1OB(c2ccc(NCCO[Si](C)(C)C(C)(C)C)cc2)OC1(C)C. The van der Waals surface area contributed by atoms with Crippen LogP contribution in [0.2, 0.25) is 18.1 Å². The predicted molar refractivity (Wildman–Crippen MR) is 109 cm³/mol. The molecule has 1 aliphatic heterocycles. The van der Waals surface area contributed by atoms with Crippen molar-refractivity contribution < 1.29 is 13.7 Å². The van der Waals surface area contributed by atoms with Gasteiger partial charge >= 0.3 is 7.12 Å². The first-order valence-corrected chi connectivity index (χ1v) is 12.1. The zero-order valence-electron chi connectivity index (χ0n) is 17.1. The van der Waals surface area contributed by atoms with Gasteiger partial charge in [-0.1, -0.05) is 32.9 Å². The van der Waals surface area contributed by atoms with Gasteiger partial charge in [0.2, 0.25) is 0 Å². The summed E-state index contributed by atoms with van der Waals surface area (Å²) in [5, 5.41) is 3.68. The third-order valence-corrected chi connectivity index (χ3v) is 10.1. The Hall–Kier alpha value is -0.818. The number of benzene rings is 1. The molecule has 0 saturated carbocycles. The van der Waals surface area contributed by atoms with E-state index >= 15 is 0 Å². The quantitative estimate of drug-likeness (QED) is 0.612. The van der Waals surface area contributed by atoms with E-state index in [0.717, 1.165) is 24.3 Å². The van der Waals surface area contributed by atoms with Crippen LogP contribution in [0.5, 0.6) is 0 Å². The Kier molecular flexibility index (Phi) is 6.09. The molecule has 6 heteroatoms. The fourth-order valence-corrected chi connectivity index (χ4v) is 3.42. The van der Waals surface area contributed by atoms with Gasteiger partial charge in [0.05, 0.1) is 18.3 Å². The van der Waals surface area contributed by atoms with Crippen molar-refractivity contribution in [3.05, 3.63) is 24.3 Å². The second-order valence-electron chi connectivity index (χ2n) is 8.99. The first-order valence-electron chi connectivity index (χ1n) is 9.23. The molecule has 4 nitrogen and oxygen atoms in total. The van der Waals surface area contributed by atoms with E-state index in [2.05, 4.69) is 84.2 Å². The van der Waals surface area contributed by atoms with Gasteiger partial charge in [-0.25, -0.2) is 0 Å². The van der Waals surface area contributed by atoms with Crippen LogP contribution in [0, 0.1) is 0 Å². The molecule has 1 saturated heterocycles. The normalized spacial score (nSPS) is 20.8. The molecule has 0 aliphatic carbocycles. The van der Waals surface area contributed by atoms with E-state index < -0.39 is 8.32 Å². The van der Waals surface area contributed by atoms with Gasteiger partial charge in [0, 0.05) is 12.2 Å². The summed E-state index contributed by atoms with van der Waals surface area (Å²) in [5.74, 6) is 0. The monoisotopic (exact) mass is 363 g/mol. The molecular weight excluding hydrogens is 329 g/mol. The summed E-state index contributed by atoms with van der Waals surface area (Å²) in [7, 11) is -1.94. The maximum atomic E-state index is 6.19. The molecule has 25 heavy (non-hydrogen) atoms. The summed E-state index contributed by atoms with van der Waals surface area (Å²) in [6.07, 6.45) is 0.0859. The van der Waals surface area contributed by atoms with E-state index in [4.69, 9.17) is 13.7 Å². The summed E-state index contributed by atoms with van der Waals surface area (Å²) < 4.78 is 18.1. The van der Waals surface area contributed by atoms with Gasteiger partial charge in [-0.2, -0.15) is 0 Å². The van der Waals surface area contributed by atoms with E-state index in [1.54, 1.807) is 0 Å². The summed E-state index contributed by atoms with van der Waals surface area (Å²) in [4.78, 5) is 0. The highest BCUT2D eigenvalue weighted by Gasteiger charge is 2.43. The molecule has 1 aromatic carbocycles. The minimum atomic E-state index is -1.66. The molecule has 0 spiro atoms. The van der Waals surface area contributed by atoms with Crippen LogP contribution in [-0.4, -0.2) is 40.3 Å². The standard InChI is InChI=1S/C19H34BNO3Si/c1-15-19(5,6)24-20(23-15)16-9-11-17(12-10-16)21-13-14-22-25(7,8)18(2,3)4/h9-12,15,21H,13-14H2,1-8H3. The van der Waals surface area contributed by atoms with Crippen LogP contribution >= 0.6 is 0 Å². The van der Waals surface area contributed by atoms with Gasteiger partial charge in [0.25, 0.3) is 0 Å². The minimum Gasteiger partial charge on any atom is -0.415 e. The molecule has 1 fully saturated rings. The first-order chi connectivity index (χ1) is 11.4. The average molecular weight is 363 g/mol. The average Bonchev–Trinajstić information content (AvgIpc) is 2.77. The lowest BCUT2D eigenvalue weighted by Gasteiger charge is -2.36. The molecule has 1 atom stereocenters. The van der Waals surface area contributed by atoms with Gasteiger partial charge in [-0.15, -0.1) is 0 Å². The highest BCUT2D eigenvalue weighted by Crippen LogP contribution is 2.36. The van der Waals surface area contributed by atoms with E-state index in [-0.39, 0.29) is 23.9 Å². The van der Waals surface area contributed by atoms with E-state index in [1.165, 1.54) is 0 Å². The molecular formula is C19H34BNO3Si. The molecule has 2 rings (SSSR count). The molecule has 1 aromatic rings. The van der Waals surface area contributed by atoms with Gasteiger partial charge in [-0.3, -0.25) is 0 Å². The number of anilines is 1. The molecule has 1 N–H and O–H groups in total. The maximum Gasteiger partial charge on any atom is 0.494 e. The van der Waals surface area contributed by atoms with Crippen LogP contribution in [0.3, 0.4) is 0 Å². The lowest BCUT2D eigenvalue weighted by Crippen LogP contribution is -2.41. The van der Waals surface area contributed by atoms with Crippen molar-refractivity contribution in [3.8, 4) is 0 Å². The largest absolute Gasteiger partial charge is 0.494 e. The molecule has 1 heterocycles. The first kappa shape index (κ1) is 20.5. The molecule has 1 aliphatic rings. The second kappa shape index (κ2) is 7.43.